The van der Waals surface area contributed by atoms with Crippen LogP contribution in [-0.2, 0) is 11.3 Å². The first-order valence-electron chi connectivity index (χ1n) is 5.03. The molecule has 0 saturated carbocycles. The molecule has 0 amide bonds. The van der Waals surface area contributed by atoms with Crippen molar-refractivity contribution in [2.75, 3.05) is 6.61 Å². The van der Waals surface area contributed by atoms with Gasteiger partial charge in [0.15, 0.2) is 0 Å². The summed E-state index contributed by atoms with van der Waals surface area (Å²) in [4.78, 5) is 0. The molecule has 1 N–H and O–H groups in total. The van der Waals surface area contributed by atoms with Gasteiger partial charge in [-0.2, -0.15) is 5.26 Å². The van der Waals surface area contributed by atoms with Crippen molar-refractivity contribution < 1.29 is 9.84 Å². The second-order valence-electron chi connectivity index (χ2n) is 3.28. The Morgan fingerprint density at radius 3 is 2.67 bits per heavy atom. The third kappa shape index (κ3) is 4.59. The highest BCUT2D eigenvalue weighted by atomic mass is 16.5. The number of hydrogen-bond donors (Lipinski definition) is 1. The van der Waals surface area contributed by atoms with Crippen LogP contribution in [0.15, 0.2) is 30.3 Å². The van der Waals surface area contributed by atoms with Crippen molar-refractivity contribution in [2.24, 2.45) is 0 Å². The van der Waals surface area contributed by atoms with Crippen LogP contribution >= 0.6 is 0 Å². The molecule has 0 aliphatic heterocycles. The molecule has 0 radical (unpaired) electrons. The van der Waals surface area contributed by atoms with E-state index in [-0.39, 0.29) is 6.61 Å². The summed E-state index contributed by atoms with van der Waals surface area (Å²) in [6.45, 7) is 0.553. The van der Waals surface area contributed by atoms with Crippen molar-refractivity contribution >= 4 is 0 Å². The number of hydrogen-bond acceptors (Lipinski definition) is 3. The standard InChI is InChI=1S/C12H15NO2/c13-9-12(7-4-8-14)15-10-11-5-2-1-3-6-11/h1-3,5-6,12,14H,4,7-8,10H2. The molecule has 0 saturated heterocycles. The molecule has 0 spiro atoms. The first-order valence-corrected chi connectivity index (χ1v) is 5.03. The van der Waals surface area contributed by atoms with E-state index in [2.05, 4.69) is 6.07 Å². The first kappa shape index (κ1) is 11.7. The summed E-state index contributed by atoms with van der Waals surface area (Å²) >= 11 is 0. The van der Waals surface area contributed by atoms with Gasteiger partial charge in [-0.15, -0.1) is 0 Å². The number of nitrogens with zero attached hydrogens (tertiary/aromatic N) is 1. The topological polar surface area (TPSA) is 53.2 Å². The molecular formula is C12H15NO2. The van der Waals surface area contributed by atoms with E-state index in [9.17, 15) is 0 Å². The van der Waals surface area contributed by atoms with Crippen LogP contribution in [0.2, 0.25) is 0 Å². The van der Waals surface area contributed by atoms with Crippen LogP contribution in [0.4, 0.5) is 0 Å². The smallest absolute Gasteiger partial charge is 0.144 e. The molecule has 1 aromatic rings. The van der Waals surface area contributed by atoms with Crippen molar-refractivity contribution in [3.8, 4) is 6.07 Å². The zero-order valence-electron chi connectivity index (χ0n) is 8.60. The van der Waals surface area contributed by atoms with Crippen LogP contribution in [0.25, 0.3) is 0 Å². The number of ether oxygens (including phenoxy) is 1. The zero-order valence-corrected chi connectivity index (χ0v) is 8.60. The Hall–Kier alpha value is -1.37. The van der Waals surface area contributed by atoms with Gasteiger partial charge in [0.25, 0.3) is 0 Å². The Bertz CT molecular complexity index is 305. The molecule has 1 rings (SSSR count). The Balaban J connectivity index is 2.32. The summed E-state index contributed by atoms with van der Waals surface area (Å²) in [6, 6.07) is 11.8. The second kappa shape index (κ2) is 6.99. The Labute approximate surface area is 89.9 Å². The number of nitriles is 1. The Kier molecular flexibility index (Phi) is 5.46. The molecule has 0 aromatic heterocycles. The highest BCUT2D eigenvalue weighted by Crippen LogP contribution is 2.06. The van der Waals surface area contributed by atoms with Crippen molar-refractivity contribution in [1.29, 1.82) is 5.26 Å². The van der Waals surface area contributed by atoms with Crippen molar-refractivity contribution in [1.82, 2.24) is 0 Å². The monoisotopic (exact) mass is 205 g/mol. The van der Waals surface area contributed by atoms with Gasteiger partial charge < -0.3 is 9.84 Å². The molecule has 1 aromatic carbocycles. The van der Waals surface area contributed by atoms with Gasteiger partial charge in [-0.1, -0.05) is 30.3 Å². The van der Waals surface area contributed by atoms with Crippen molar-refractivity contribution in [3.63, 3.8) is 0 Å². The fourth-order valence-electron chi connectivity index (χ4n) is 1.23. The van der Waals surface area contributed by atoms with E-state index < -0.39 is 6.10 Å². The minimum absolute atomic E-state index is 0.104. The lowest BCUT2D eigenvalue weighted by Crippen LogP contribution is -2.10. The largest absolute Gasteiger partial charge is 0.396 e. The summed E-state index contributed by atoms with van der Waals surface area (Å²) < 4.78 is 5.41. The maximum atomic E-state index is 8.77. The minimum Gasteiger partial charge on any atom is -0.396 e. The fourth-order valence-corrected chi connectivity index (χ4v) is 1.23. The van der Waals surface area contributed by atoms with Crippen molar-refractivity contribution in [2.45, 2.75) is 25.6 Å². The van der Waals surface area contributed by atoms with E-state index in [4.69, 9.17) is 15.1 Å². The Morgan fingerprint density at radius 2 is 2.07 bits per heavy atom. The molecule has 1 atom stereocenters. The van der Waals surface area contributed by atoms with Gasteiger partial charge in [-0.05, 0) is 18.4 Å². The summed E-state index contributed by atoms with van der Waals surface area (Å²) in [6.07, 6.45) is 0.768. The molecule has 0 bridgehead atoms. The van der Waals surface area contributed by atoms with E-state index in [1.807, 2.05) is 30.3 Å². The molecule has 1 unspecified atom stereocenters. The van der Waals surface area contributed by atoms with Crippen LogP contribution in [0.5, 0.6) is 0 Å². The van der Waals surface area contributed by atoms with Crippen LogP contribution in [0.1, 0.15) is 18.4 Å². The van der Waals surface area contributed by atoms with E-state index in [1.54, 1.807) is 0 Å². The summed E-state index contributed by atoms with van der Waals surface area (Å²) in [5.41, 5.74) is 1.06. The predicted octanol–water partition coefficient (Wildman–Crippen LogP) is 1.87. The molecular weight excluding hydrogens is 190 g/mol. The van der Waals surface area contributed by atoms with Crippen LogP contribution < -0.4 is 0 Å². The van der Waals surface area contributed by atoms with Crippen LogP contribution in [0.3, 0.4) is 0 Å². The number of aliphatic hydroxyl groups is 1. The molecule has 0 aliphatic carbocycles. The van der Waals surface area contributed by atoms with Gasteiger partial charge in [-0.25, -0.2) is 0 Å². The van der Waals surface area contributed by atoms with E-state index in [0.717, 1.165) is 5.56 Å². The zero-order chi connectivity index (χ0) is 10.9. The van der Waals surface area contributed by atoms with Crippen LogP contribution in [-0.4, -0.2) is 17.8 Å². The summed E-state index contributed by atoms with van der Waals surface area (Å²) in [5, 5.41) is 17.4. The van der Waals surface area contributed by atoms with Gasteiger partial charge in [0.1, 0.15) is 6.10 Å². The lowest BCUT2D eigenvalue weighted by molar-refractivity contribution is 0.0664. The van der Waals surface area contributed by atoms with Gasteiger partial charge in [-0.3, -0.25) is 0 Å². The Morgan fingerprint density at radius 1 is 1.33 bits per heavy atom. The average Bonchev–Trinajstić information content (AvgIpc) is 2.31. The van der Waals surface area contributed by atoms with E-state index in [0.29, 0.717) is 19.4 Å². The fraction of sp³-hybridized carbons (Fsp3) is 0.417. The van der Waals surface area contributed by atoms with E-state index >= 15 is 0 Å². The molecule has 80 valence electrons. The lowest BCUT2D eigenvalue weighted by atomic mass is 10.2. The average molecular weight is 205 g/mol. The minimum atomic E-state index is -0.419. The third-order valence-electron chi connectivity index (χ3n) is 2.06. The number of rotatable bonds is 6. The van der Waals surface area contributed by atoms with E-state index in [1.165, 1.54) is 0 Å². The SMILES string of the molecule is N#CC(CCCO)OCc1ccccc1. The third-order valence-corrected chi connectivity index (χ3v) is 2.06. The molecule has 0 aliphatic rings. The molecule has 0 fully saturated rings. The second-order valence-corrected chi connectivity index (χ2v) is 3.28. The molecule has 3 nitrogen and oxygen atoms in total. The quantitative estimate of drug-likeness (QED) is 0.771. The molecule has 0 heterocycles. The first-order chi connectivity index (χ1) is 7.36. The summed E-state index contributed by atoms with van der Waals surface area (Å²) in [7, 11) is 0. The molecule has 3 heteroatoms. The summed E-state index contributed by atoms with van der Waals surface area (Å²) in [5.74, 6) is 0. The highest BCUT2D eigenvalue weighted by molar-refractivity contribution is 5.13. The predicted molar refractivity (Wildman–Crippen MR) is 57.0 cm³/mol. The van der Waals surface area contributed by atoms with Crippen molar-refractivity contribution in [3.05, 3.63) is 35.9 Å². The highest BCUT2D eigenvalue weighted by Gasteiger charge is 2.06. The number of benzene rings is 1. The van der Waals surface area contributed by atoms with Gasteiger partial charge >= 0.3 is 0 Å². The maximum absolute atomic E-state index is 8.77. The van der Waals surface area contributed by atoms with Crippen LogP contribution in [0, 0.1) is 11.3 Å². The molecule has 15 heavy (non-hydrogen) atoms. The maximum Gasteiger partial charge on any atom is 0.144 e. The van der Waals surface area contributed by atoms with Gasteiger partial charge in [0.2, 0.25) is 0 Å². The van der Waals surface area contributed by atoms with Gasteiger partial charge in [0, 0.05) is 6.61 Å². The lowest BCUT2D eigenvalue weighted by Gasteiger charge is -2.09. The van der Waals surface area contributed by atoms with Gasteiger partial charge in [0.05, 0.1) is 12.7 Å². The number of aliphatic hydroxyl groups excluding tert-OH is 1. The normalized spacial score (nSPS) is 12.0.